The van der Waals surface area contributed by atoms with Gasteiger partial charge in [0.05, 0.1) is 5.69 Å². The first-order valence-electron chi connectivity index (χ1n) is 4.54. The molecule has 0 spiro atoms. The highest BCUT2D eigenvalue weighted by atomic mass is 19.4. The van der Waals surface area contributed by atoms with Crippen LogP contribution in [0.25, 0.3) is 0 Å². The molecule has 0 aliphatic heterocycles. The Morgan fingerprint density at radius 1 is 1.17 bits per heavy atom. The van der Waals surface area contributed by atoms with Crippen LogP contribution in [0.4, 0.5) is 32.0 Å². The number of anilines is 1. The molecule has 0 amide bonds. The first-order valence-corrected chi connectivity index (χ1v) is 4.54. The molecule has 2 N–H and O–H groups in total. The molecule has 0 radical (unpaired) electrons. The minimum atomic E-state index is -5.60. The molecule has 0 atom stereocenters. The summed E-state index contributed by atoms with van der Waals surface area (Å²) < 4.78 is 77.0. The molecule has 1 rings (SSSR count). The second kappa shape index (κ2) is 4.54. The van der Waals surface area contributed by atoms with E-state index in [4.69, 9.17) is 5.73 Å². The summed E-state index contributed by atoms with van der Waals surface area (Å²) in [5.41, 5.74) is 5.32. The molecule has 9 heteroatoms. The predicted molar refractivity (Wildman–Crippen MR) is 49.9 cm³/mol. The molecule has 0 fully saturated rings. The van der Waals surface area contributed by atoms with Crippen molar-refractivity contribution in [3.8, 4) is 5.88 Å². The number of pyridine rings is 1. The molecule has 18 heavy (non-hydrogen) atoms. The highest BCUT2D eigenvalue weighted by Crippen LogP contribution is 2.37. The molecule has 1 heterocycles. The number of hydrogen-bond acceptors (Lipinski definition) is 3. The molecule has 102 valence electrons. The number of hydrogen-bond donors (Lipinski definition) is 1. The third-order valence-electron chi connectivity index (χ3n) is 1.84. The van der Waals surface area contributed by atoms with Crippen LogP contribution < -0.4 is 10.5 Å². The Labute approximate surface area is 97.6 Å². The van der Waals surface area contributed by atoms with Crippen LogP contribution in [0.5, 0.6) is 5.88 Å². The van der Waals surface area contributed by atoms with Crippen molar-refractivity contribution in [3.63, 3.8) is 0 Å². The van der Waals surface area contributed by atoms with Gasteiger partial charge in [0.15, 0.2) is 0 Å². The Bertz CT molecular complexity index is 414. The largest absolute Gasteiger partial charge is 0.453 e. The minimum Gasteiger partial charge on any atom is -0.453 e. The standard InChI is InChI=1S/C9H8F6N2O/c1-4-2-5(16)6(17-3-4)18-7(8(10,11)12)9(13,14)15/h2-3,7H,16H2,1H3. The highest BCUT2D eigenvalue weighted by Gasteiger charge is 2.59. The molecule has 1 aromatic heterocycles. The third-order valence-corrected chi connectivity index (χ3v) is 1.84. The molecule has 0 saturated carbocycles. The average molecular weight is 274 g/mol. The minimum absolute atomic E-state index is 0.395. The topological polar surface area (TPSA) is 48.1 Å². The van der Waals surface area contributed by atoms with Crippen LogP contribution in [0.2, 0.25) is 0 Å². The second-order valence-electron chi connectivity index (χ2n) is 3.49. The van der Waals surface area contributed by atoms with Crippen LogP contribution in [0.1, 0.15) is 5.56 Å². The smallest absolute Gasteiger partial charge is 0.434 e. The van der Waals surface area contributed by atoms with E-state index in [0.29, 0.717) is 5.56 Å². The van der Waals surface area contributed by atoms with E-state index >= 15 is 0 Å². The van der Waals surface area contributed by atoms with Crippen molar-refractivity contribution in [3.05, 3.63) is 17.8 Å². The van der Waals surface area contributed by atoms with Crippen LogP contribution >= 0.6 is 0 Å². The lowest BCUT2D eigenvalue weighted by atomic mass is 10.3. The van der Waals surface area contributed by atoms with Gasteiger partial charge in [-0.05, 0) is 18.6 Å². The summed E-state index contributed by atoms with van der Waals surface area (Å²) in [7, 11) is 0. The summed E-state index contributed by atoms with van der Waals surface area (Å²) in [5.74, 6) is -0.903. The van der Waals surface area contributed by atoms with Crippen molar-refractivity contribution in [1.82, 2.24) is 4.98 Å². The number of aromatic nitrogens is 1. The fourth-order valence-corrected chi connectivity index (χ4v) is 1.11. The second-order valence-corrected chi connectivity index (χ2v) is 3.49. The van der Waals surface area contributed by atoms with Gasteiger partial charge in [0.2, 0.25) is 5.88 Å². The average Bonchev–Trinajstić information content (AvgIpc) is 2.12. The Hall–Kier alpha value is -1.67. The normalized spacial score (nSPS) is 12.9. The number of nitrogens with zero attached hydrogens (tertiary/aromatic N) is 1. The van der Waals surface area contributed by atoms with Crippen LogP contribution in [-0.2, 0) is 0 Å². The molecular formula is C9H8F6N2O. The lowest BCUT2D eigenvalue weighted by Gasteiger charge is -2.23. The highest BCUT2D eigenvalue weighted by molar-refractivity contribution is 5.49. The summed E-state index contributed by atoms with van der Waals surface area (Å²) in [6.45, 7) is 1.53. The van der Waals surface area contributed by atoms with Gasteiger partial charge in [-0.2, -0.15) is 26.3 Å². The molecule has 3 nitrogen and oxygen atoms in total. The van der Waals surface area contributed by atoms with E-state index < -0.39 is 30.0 Å². The first kappa shape index (κ1) is 14.4. The van der Waals surface area contributed by atoms with Gasteiger partial charge in [0, 0.05) is 6.20 Å². The lowest BCUT2D eigenvalue weighted by Crippen LogP contribution is -2.46. The van der Waals surface area contributed by atoms with Crippen LogP contribution in [0, 0.1) is 6.92 Å². The Balaban J connectivity index is 3.05. The molecule has 0 aliphatic carbocycles. The molecule has 0 aliphatic rings. The zero-order chi connectivity index (χ0) is 14.1. The maximum atomic E-state index is 12.2. The molecule has 1 aromatic rings. The Morgan fingerprint density at radius 3 is 2.06 bits per heavy atom. The van der Waals surface area contributed by atoms with E-state index in [1.807, 2.05) is 0 Å². The molecule has 0 aromatic carbocycles. The summed E-state index contributed by atoms with van der Waals surface area (Å²) in [4.78, 5) is 3.30. The Kier molecular flexibility index (Phi) is 3.63. The summed E-state index contributed by atoms with van der Waals surface area (Å²) in [6.07, 6.45) is -14.1. The molecular weight excluding hydrogens is 266 g/mol. The number of alkyl halides is 6. The predicted octanol–water partition coefficient (Wildman–Crippen LogP) is 2.84. The van der Waals surface area contributed by atoms with Gasteiger partial charge in [-0.3, -0.25) is 0 Å². The maximum absolute atomic E-state index is 12.2. The van der Waals surface area contributed by atoms with Gasteiger partial charge in [0.25, 0.3) is 6.10 Å². The van der Waals surface area contributed by atoms with Crippen LogP contribution in [0.3, 0.4) is 0 Å². The SMILES string of the molecule is Cc1cnc(OC(C(F)(F)F)C(F)(F)F)c(N)c1. The van der Waals surface area contributed by atoms with Crippen LogP contribution in [-0.4, -0.2) is 23.4 Å². The fourth-order valence-electron chi connectivity index (χ4n) is 1.11. The fraction of sp³-hybridized carbons (Fsp3) is 0.444. The number of aryl methyl sites for hydroxylation is 1. The van der Waals surface area contributed by atoms with Crippen molar-refractivity contribution >= 4 is 5.69 Å². The zero-order valence-electron chi connectivity index (χ0n) is 8.93. The summed E-state index contributed by atoms with van der Waals surface area (Å²) in [5, 5.41) is 0. The van der Waals surface area contributed by atoms with Gasteiger partial charge in [-0.1, -0.05) is 0 Å². The van der Waals surface area contributed by atoms with E-state index in [1.165, 1.54) is 6.92 Å². The zero-order valence-corrected chi connectivity index (χ0v) is 8.93. The first-order chi connectivity index (χ1) is 8.01. The maximum Gasteiger partial charge on any atom is 0.434 e. The van der Waals surface area contributed by atoms with Gasteiger partial charge in [-0.15, -0.1) is 0 Å². The molecule has 0 saturated heterocycles. The number of ether oxygens (including phenoxy) is 1. The Morgan fingerprint density at radius 2 is 1.67 bits per heavy atom. The van der Waals surface area contributed by atoms with Crippen molar-refractivity contribution in [1.29, 1.82) is 0 Å². The quantitative estimate of drug-likeness (QED) is 0.843. The third kappa shape index (κ3) is 3.41. The monoisotopic (exact) mass is 274 g/mol. The van der Waals surface area contributed by atoms with Gasteiger partial charge in [-0.25, -0.2) is 4.98 Å². The molecule has 0 unspecified atom stereocenters. The number of halogens is 6. The van der Waals surface area contributed by atoms with Gasteiger partial charge in [0.1, 0.15) is 0 Å². The van der Waals surface area contributed by atoms with Crippen LogP contribution in [0.15, 0.2) is 12.3 Å². The molecule has 0 bridgehead atoms. The number of nitrogen functional groups attached to an aromatic ring is 1. The van der Waals surface area contributed by atoms with E-state index in [0.717, 1.165) is 12.3 Å². The number of nitrogens with two attached hydrogens (primary N) is 1. The number of rotatable bonds is 2. The van der Waals surface area contributed by atoms with E-state index in [9.17, 15) is 26.3 Å². The van der Waals surface area contributed by atoms with E-state index in [1.54, 1.807) is 0 Å². The van der Waals surface area contributed by atoms with Crippen molar-refractivity contribution in [2.45, 2.75) is 25.4 Å². The van der Waals surface area contributed by atoms with Gasteiger partial charge >= 0.3 is 12.4 Å². The van der Waals surface area contributed by atoms with E-state index in [2.05, 4.69) is 9.72 Å². The lowest BCUT2D eigenvalue weighted by molar-refractivity contribution is -0.300. The van der Waals surface area contributed by atoms with Crippen molar-refractivity contribution < 1.29 is 31.1 Å². The van der Waals surface area contributed by atoms with Crippen molar-refractivity contribution in [2.24, 2.45) is 0 Å². The van der Waals surface area contributed by atoms with E-state index in [-0.39, 0.29) is 0 Å². The summed E-state index contributed by atoms with van der Waals surface area (Å²) >= 11 is 0. The van der Waals surface area contributed by atoms with Gasteiger partial charge < -0.3 is 10.5 Å². The van der Waals surface area contributed by atoms with Crippen molar-refractivity contribution in [2.75, 3.05) is 5.73 Å². The summed E-state index contributed by atoms with van der Waals surface area (Å²) in [6, 6.07) is 1.16.